The van der Waals surface area contributed by atoms with Crippen molar-refractivity contribution in [2.24, 2.45) is 0 Å². The highest BCUT2D eigenvalue weighted by molar-refractivity contribution is 9.11. The van der Waals surface area contributed by atoms with Gasteiger partial charge in [-0.05, 0) is 44.3 Å². The highest BCUT2D eigenvalue weighted by atomic mass is 79.9. The highest BCUT2D eigenvalue weighted by Crippen LogP contribution is 2.54. The number of phenolic OH excluding ortho intramolecular Hbond substituents is 1. The molecule has 0 bridgehead atoms. The van der Waals surface area contributed by atoms with Crippen molar-refractivity contribution < 1.29 is 33.7 Å². The molecule has 2 aliphatic rings. The summed E-state index contributed by atoms with van der Waals surface area (Å²) in [6.45, 7) is 1.70. The molecular weight excluding hydrogens is 476 g/mol. The number of rotatable bonds is 2. The molecule has 9 heteroatoms. The summed E-state index contributed by atoms with van der Waals surface area (Å²) in [5.41, 5.74) is -1.93. The zero-order chi connectivity index (χ0) is 19.4. The molecule has 1 atom stereocenters. The van der Waals surface area contributed by atoms with Crippen molar-refractivity contribution in [3.05, 3.63) is 43.6 Å². The van der Waals surface area contributed by atoms with Gasteiger partial charge in [0.15, 0.2) is 17.3 Å². The number of ketones is 2. The Morgan fingerprint density at radius 2 is 1.85 bits per heavy atom. The van der Waals surface area contributed by atoms with Gasteiger partial charge in [0.1, 0.15) is 16.9 Å². The smallest absolute Gasteiger partial charge is 0.338 e. The molecule has 7 nitrogen and oxygen atoms in total. The Bertz CT molecular complexity index is 945. The minimum atomic E-state index is -2.05. The van der Waals surface area contributed by atoms with E-state index in [-0.39, 0.29) is 28.4 Å². The van der Waals surface area contributed by atoms with E-state index in [0.717, 1.165) is 19.3 Å². The zero-order valence-corrected chi connectivity index (χ0v) is 17.0. The number of benzene rings is 1. The Morgan fingerprint density at radius 3 is 2.42 bits per heavy atom. The lowest BCUT2D eigenvalue weighted by atomic mass is 9.81. The molecule has 1 N–H and O–H groups in total. The van der Waals surface area contributed by atoms with E-state index >= 15 is 0 Å². The standard InChI is InChI=1S/C17H12Br2O7/c1-6-11(18)13(21)10-14(12(6)19)26-17(15(10)22)8(16(23)25-3)4-7(20)5-9(17)24-2/h4-5,21H,1-3H3/t17-/m0/s1. The van der Waals surface area contributed by atoms with Gasteiger partial charge < -0.3 is 19.3 Å². The quantitative estimate of drug-likeness (QED) is 0.640. The molecule has 1 aliphatic heterocycles. The van der Waals surface area contributed by atoms with E-state index in [9.17, 15) is 19.5 Å². The van der Waals surface area contributed by atoms with E-state index in [2.05, 4.69) is 31.9 Å². The third kappa shape index (κ3) is 2.26. The number of phenols is 1. The maximum Gasteiger partial charge on any atom is 0.338 e. The fraction of sp³-hybridized carbons (Fsp3) is 0.235. The van der Waals surface area contributed by atoms with Gasteiger partial charge in [-0.3, -0.25) is 9.59 Å². The fourth-order valence-electron chi connectivity index (χ4n) is 2.96. The van der Waals surface area contributed by atoms with Gasteiger partial charge in [0.25, 0.3) is 5.60 Å². The summed E-state index contributed by atoms with van der Waals surface area (Å²) >= 11 is 6.57. The van der Waals surface area contributed by atoms with Gasteiger partial charge >= 0.3 is 5.97 Å². The maximum absolute atomic E-state index is 13.3. The zero-order valence-electron chi connectivity index (χ0n) is 13.8. The molecule has 0 saturated heterocycles. The number of methoxy groups -OCH3 is 2. The first kappa shape index (κ1) is 18.7. The van der Waals surface area contributed by atoms with Crippen molar-refractivity contribution in [1.29, 1.82) is 0 Å². The lowest BCUT2D eigenvalue weighted by molar-refractivity contribution is -0.138. The predicted molar refractivity (Wildman–Crippen MR) is 96.1 cm³/mol. The van der Waals surface area contributed by atoms with Gasteiger partial charge in [-0.1, -0.05) is 0 Å². The van der Waals surface area contributed by atoms with Crippen molar-refractivity contribution in [3.8, 4) is 11.5 Å². The largest absolute Gasteiger partial charge is 0.506 e. The molecule has 26 heavy (non-hydrogen) atoms. The van der Waals surface area contributed by atoms with Crippen molar-refractivity contribution in [2.45, 2.75) is 12.5 Å². The van der Waals surface area contributed by atoms with E-state index in [1.807, 2.05) is 0 Å². The van der Waals surface area contributed by atoms with E-state index in [1.54, 1.807) is 6.92 Å². The molecule has 0 aromatic heterocycles. The van der Waals surface area contributed by atoms with Crippen LogP contribution in [0.4, 0.5) is 0 Å². The summed E-state index contributed by atoms with van der Waals surface area (Å²) in [7, 11) is 2.36. The van der Waals surface area contributed by atoms with Crippen molar-refractivity contribution in [2.75, 3.05) is 14.2 Å². The third-order valence-electron chi connectivity index (χ3n) is 4.24. The van der Waals surface area contributed by atoms with Crippen molar-refractivity contribution in [1.82, 2.24) is 0 Å². The summed E-state index contributed by atoms with van der Waals surface area (Å²) in [5.74, 6) is -2.69. The number of hydrogen-bond donors (Lipinski definition) is 1. The SMILES string of the molecule is COC(=O)C1=CC(=O)C=C(OC)[C@@]12Oc1c(Br)c(C)c(Br)c(O)c1C2=O. The molecular formula is C17H12Br2O7. The van der Waals surface area contributed by atoms with Gasteiger partial charge in [0.05, 0.1) is 23.2 Å². The van der Waals surface area contributed by atoms with Crippen LogP contribution in [0.1, 0.15) is 15.9 Å². The topological polar surface area (TPSA) is 99.1 Å². The van der Waals surface area contributed by atoms with Gasteiger partial charge in [0.2, 0.25) is 5.78 Å². The number of allylic oxidation sites excluding steroid dienone is 2. The second-order valence-electron chi connectivity index (χ2n) is 5.58. The van der Waals surface area contributed by atoms with E-state index in [1.165, 1.54) is 7.11 Å². The lowest BCUT2D eigenvalue weighted by Crippen LogP contribution is -2.49. The van der Waals surface area contributed by atoms with Crippen LogP contribution >= 0.6 is 31.9 Å². The number of carbonyl (C=O) groups excluding carboxylic acids is 3. The van der Waals surface area contributed by atoms with E-state index < -0.39 is 23.1 Å². The Morgan fingerprint density at radius 1 is 1.19 bits per heavy atom. The number of carbonyl (C=O) groups is 3. The van der Waals surface area contributed by atoms with Crippen LogP contribution in [0.25, 0.3) is 0 Å². The van der Waals surface area contributed by atoms with Crippen LogP contribution < -0.4 is 4.74 Å². The number of hydrogen-bond acceptors (Lipinski definition) is 7. The molecule has 1 aromatic carbocycles. The van der Waals surface area contributed by atoms with Crippen LogP contribution in [-0.4, -0.2) is 42.5 Å². The summed E-state index contributed by atoms with van der Waals surface area (Å²) in [5, 5.41) is 10.5. The van der Waals surface area contributed by atoms with Crippen LogP contribution in [0.5, 0.6) is 11.5 Å². The first-order chi connectivity index (χ1) is 12.2. The van der Waals surface area contributed by atoms with Crippen molar-refractivity contribution in [3.63, 3.8) is 0 Å². The minimum Gasteiger partial charge on any atom is -0.506 e. The molecule has 0 fully saturated rings. The second kappa shape index (κ2) is 6.24. The van der Waals surface area contributed by atoms with Gasteiger partial charge in [0, 0.05) is 12.2 Å². The van der Waals surface area contributed by atoms with E-state index in [4.69, 9.17) is 14.2 Å². The maximum atomic E-state index is 13.3. The number of ether oxygens (including phenoxy) is 3. The molecule has 1 spiro atoms. The number of fused-ring (bicyclic) bond motifs is 1. The third-order valence-corrected chi connectivity index (χ3v) is 6.17. The molecule has 1 aliphatic carbocycles. The van der Waals surface area contributed by atoms with Crippen LogP contribution in [0.3, 0.4) is 0 Å². The monoisotopic (exact) mass is 486 g/mol. The van der Waals surface area contributed by atoms with Crippen LogP contribution in [-0.2, 0) is 19.1 Å². The molecule has 0 unspecified atom stereocenters. The number of aromatic hydroxyl groups is 1. The number of esters is 1. The molecule has 0 amide bonds. The fourth-order valence-corrected chi connectivity index (χ4v) is 4.10. The molecule has 0 saturated carbocycles. The van der Waals surface area contributed by atoms with Crippen LogP contribution in [0.2, 0.25) is 0 Å². The summed E-state index contributed by atoms with van der Waals surface area (Å²) in [6.07, 6.45) is 2.02. The first-order valence-corrected chi connectivity index (χ1v) is 8.84. The Balaban J connectivity index is 2.35. The molecule has 1 aromatic rings. The van der Waals surface area contributed by atoms with Gasteiger partial charge in [-0.2, -0.15) is 0 Å². The molecule has 0 radical (unpaired) electrons. The van der Waals surface area contributed by atoms with Crippen molar-refractivity contribution >= 4 is 49.4 Å². The second-order valence-corrected chi connectivity index (χ2v) is 7.17. The predicted octanol–water partition coefficient (Wildman–Crippen LogP) is 2.75. The summed E-state index contributed by atoms with van der Waals surface area (Å²) < 4.78 is 16.5. The average molecular weight is 488 g/mol. The number of Topliss-reactive ketones (excluding diaryl/α,β-unsaturated/α-hetero) is 1. The molecule has 1 heterocycles. The van der Waals surface area contributed by atoms with E-state index in [0.29, 0.717) is 14.5 Å². The van der Waals surface area contributed by atoms with Crippen LogP contribution in [0.15, 0.2) is 32.4 Å². The van der Waals surface area contributed by atoms with Gasteiger partial charge in [-0.15, -0.1) is 0 Å². The highest BCUT2D eigenvalue weighted by Gasteiger charge is 2.61. The summed E-state index contributed by atoms with van der Waals surface area (Å²) in [4.78, 5) is 37.6. The Hall–Kier alpha value is -2.13. The van der Waals surface area contributed by atoms with Crippen LogP contribution in [0, 0.1) is 6.92 Å². The Labute approximate surface area is 164 Å². The first-order valence-electron chi connectivity index (χ1n) is 7.25. The minimum absolute atomic E-state index is 0.0419. The number of halogens is 2. The summed E-state index contributed by atoms with van der Waals surface area (Å²) in [6, 6.07) is 0. The average Bonchev–Trinajstić information content (AvgIpc) is 2.93. The molecule has 136 valence electrons. The molecule has 3 rings (SSSR count). The lowest BCUT2D eigenvalue weighted by Gasteiger charge is -2.31. The Kier molecular flexibility index (Phi) is 4.48. The van der Waals surface area contributed by atoms with Gasteiger partial charge in [-0.25, -0.2) is 4.79 Å². The normalized spacial score (nSPS) is 21.1.